The van der Waals surface area contributed by atoms with Crippen LogP contribution in [0, 0.1) is 0 Å². The van der Waals surface area contributed by atoms with Crippen molar-refractivity contribution in [2.45, 2.75) is 39.2 Å². The summed E-state index contributed by atoms with van der Waals surface area (Å²) in [5.74, 6) is 0.0477. The molecular formula is C17H22N2O2S. The van der Waals surface area contributed by atoms with E-state index in [9.17, 15) is 9.90 Å². The number of aliphatic hydroxyl groups excluding tert-OH is 1. The number of hydrogen-bond acceptors (Lipinski definition) is 3. The predicted octanol–water partition coefficient (Wildman–Crippen LogP) is 2.87. The number of carbonyl (C=O) groups excluding carboxylic acids is 1. The second-order valence-electron chi connectivity index (χ2n) is 5.82. The van der Waals surface area contributed by atoms with Crippen LogP contribution in [0.3, 0.4) is 0 Å². The van der Waals surface area contributed by atoms with E-state index >= 15 is 0 Å². The van der Waals surface area contributed by atoms with Crippen LogP contribution >= 0.6 is 11.3 Å². The van der Waals surface area contributed by atoms with Gasteiger partial charge in [-0.2, -0.15) is 0 Å². The van der Waals surface area contributed by atoms with Gasteiger partial charge in [0, 0.05) is 30.4 Å². The largest absolute Gasteiger partial charge is 0.392 e. The molecule has 1 aliphatic carbocycles. The smallest absolute Gasteiger partial charge is 0.257 e. The minimum absolute atomic E-state index is 0.0477. The average Bonchev–Trinajstić information content (AvgIpc) is 3.18. The molecule has 3 rings (SSSR count). The molecule has 0 aliphatic heterocycles. The van der Waals surface area contributed by atoms with Gasteiger partial charge in [-0.3, -0.25) is 4.79 Å². The summed E-state index contributed by atoms with van der Waals surface area (Å²) in [6, 6.07) is 3.96. The number of fused-ring (bicyclic) bond motifs is 1. The van der Waals surface area contributed by atoms with Crippen molar-refractivity contribution in [2.24, 2.45) is 0 Å². The molecule has 0 spiro atoms. The van der Waals surface area contributed by atoms with Gasteiger partial charge < -0.3 is 14.6 Å². The molecule has 1 atom stereocenters. The number of aromatic nitrogens is 1. The Bertz CT molecular complexity index is 659. The zero-order valence-corrected chi connectivity index (χ0v) is 13.9. The molecular weight excluding hydrogens is 296 g/mol. The van der Waals surface area contributed by atoms with Crippen LogP contribution in [0.4, 0.5) is 0 Å². The number of aliphatic hydroxyl groups is 1. The summed E-state index contributed by atoms with van der Waals surface area (Å²) < 4.78 is 2.03. The molecule has 4 nitrogen and oxygen atoms in total. The zero-order chi connectivity index (χ0) is 15.7. The van der Waals surface area contributed by atoms with E-state index in [1.54, 1.807) is 23.2 Å². The third-order valence-electron chi connectivity index (χ3n) is 4.11. The van der Waals surface area contributed by atoms with Crippen LogP contribution in [0.2, 0.25) is 0 Å². The predicted molar refractivity (Wildman–Crippen MR) is 88.9 cm³/mol. The fraction of sp³-hybridized carbons (Fsp3) is 0.471. The maximum atomic E-state index is 13.1. The second kappa shape index (κ2) is 6.26. The van der Waals surface area contributed by atoms with Crippen molar-refractivity contribution < 1.29 is 9.90 Å². The van der Waals surface area contributed by atoms with E-state index in [0.29, 0.717) is 13.1 Å². The Morgan fingerprint density at radius 2 is 2.14 bits per heavy atom. The Morgan fingerprint density at radius 3 is 2.77 bits per heavy atom. The summed E-state index contributed by atoms with van der Waals surface area (Å²) in [5, 5.41) is 10.7. The summed E-state index contributed by atoms with van der Waals surface area (Å²) >= 11 is 1.73. The van der Waals surface area contributed by atoms with Crippen LogP contribution in [-0.2, 0) is 12.8 Å². The molecule has 0 radical (unpaired) electrons. The van der Waals surface area contributed by atoms with Crippen LogP contribution in [0.5, 0.6) is 0 Å². The Kier molecular flexibility index (Phi) is 4.36. The van der Waals surface area contributed by atoms with Crippen molar-refractivity contribution in [1.29, 1.82) is 0 Å². The first kappa shape index (κ1) is 15.3. The molecule has 118 valence electrons. The van der Waals surface area contributed by atoms with E-state index in [-0.39, 0.29) is 5.91 Å². The Morgan fingerprint density at radius 1 is 1.41 bits per heavy atom. The standard InChI is InChI=1S/C17H22N2O2S/c1-3-18(11-12(2)20)16(21)15-13-7-6-8-14(13)22-17(15)19-9-4-5-10-19/h4-5,9-10,12,20H,3,6-8,11H2,1-2H3/t12-/m1/s1. The molecule has 22 heavy (non-hydrogen) atoms. The van der Waals surface area contributed by atoms with E-state index in [1.165, 1.54) is 10.4 Å². The lowest BCUT2D eigenvalue weighted by atomic mass is 10.1. The van der Waals surface area contributed by atoms with Crippen LogP contribution in [-0.4, -0.2) is 39.7 Å². The van der Waals surface area contributed by atoms with E-state index in [4.69, 9.17) is 0 Å². The highest BCUT2D eigenvalue weighted by Gasteiger charge is 2.29. The van der Waals surface area contributed by atoms with Crippen LogP contribution in [0.1, 0.15) is 41.1 Å². The van der Waals surface area contributed by atoms with Crippen LogP contribution < -0.4 is 0 Å². The van der Waals surface area contributed by atoms with Gasteiger partial charge in [0.25, 0.3) is 5.91 Å². The molecule has 0 saturated heterocycles. The fourth-order valence-electron chi connectivity index (χ4n) is 3.09. The second-order valence-corrected chi connectivity index (χ2v) is 6.90. The van der Waals surface area contributed by atoms with Gasteiger partial charge in [0.2, 0.25) is 0 Å². The van der Waals surface area contributed by atoms with Crippen molar-refractivity contribution in [2.75, 3.05) is 13.1 Å². The summed E-state index contributed by atoms with van der Waals surface area (Å²) in [7, 11) is 0. The highest BCUT2D eigenvalue weighted by atomic mass is 32.1. The molecule has 1 N–H and O–H groups in total. The zero-order valence-electron chi connectivity index (χ0n) is 13.1. The highest BCUT2D eigenvalue weighted by molar-refractivity contribution is 7.15. The topological polar surface area (TPSA) is 45.5 Å². The molecule has 0 saturated carbocycles. The van der Waals surface area contributed by atoms with Gasteiger partial charge in [0.15, 0.2) is 0 Å². The van der Waals surface area contributed by atoms with Crippen molar-refractivity contribution in [3.8, 4) is 5.00 Å². The van der Waals surface area contributed by atoms with E-state index in [1.807, 2.05) is 36.0 Å². The molecule has 1 aliphatic rings. The maximum Gasteiger partial charge on any atom is 0.257 e. The number of aryl methyl sites for hydroxylation is 1. The normalized spacial score (nSPS) is 14.9. The maximum absolute atomic E-state index is 13.1. The van der Waals surface area contributed by atoms with Crippen LogP contribution in [0.25, 0.3) is 5.00 Å². The third-order valence-corrected chi connectivity index (χ3v) is 5.41. The number of likely N-dealkylation sites (N-methyl/N-ethyl adjacent to an activating group) is 1. The van der Waals surface area contributed by atoms with Crippen molar-refractivity contribution >= 4 is 17.2 Å². The molecule has 2 aromatic rings. The summed E-state index contributed by atoms with van der Waals surface area (Å²) in [4.78, 5) is 16.2. The number of thiophene rings is 1. The SMILES string of the molecule is CCN(C[C@@H](C)O)C(=O)c1c(-n2cccc2)sc2c1CCC2. The Hall–Kier alpha value is -1.59. The number of rotatable bonds is 5. The lowest BCUT2D eigenvalue weighted by Gasteiger charge is -2.23. The minimum atomic E-state index is -0.509. The molecule has 0 aromatic carbocycles. The lowest BCUT2D eigenvalue weighted by molar-refractivity contribution is 0.0660. The van der Waals surface area contributed by atoms with Gasteiger partial charge in [-0.25, -0.2) is 0 Å². The van der Waals surface area contributed by atoms with Gasteiger partial charge in [0.05, 0.1) is 11.7 Å². The van der Waals surface area contributed by atoms with Gasteiger partial charge in [-0.15, -0.1) is 11.3 Å². The summed E-state index contributed by atoms with van der Waals surface area (Å²) in [6.45, 7) is 4.67. The summed E-state index contributed by atoms with van der Waals surface area (Å²) in [5.41, 5.74) is 2.07. The van der Waals surface area contributed by atoms with Gasteiger partial charge in [-0.1, -0.05) is 0 Å². The van der Waals surface area contributed by atoms with E-state index in [0.717, 1.165) is 29.8 Å². The molecule has 0 unspecified atom stereocenters. The first-order valence-corrected chi connectivity index (χ1v) is 8.68. The molecule has 0 fully saturated rings. The highest BCUT2D eigenvalue weighted by Crippen LogP contribution is 2.38. The average molecular weight is 318 g/mol. The first-order valence-electron chi connectivity index (χ1n) is 7.87. The van der Waals surface area contributed by atoms with Crippen molar-refractivity contribution in [1.82, 2.24) is 9.47 Å². The molecule has 5 heteroatoms. The fourth-order valence-corrected chi connectivity index (χ4v) is 4.44. The van der Waals surface area contributed by atoms with Gasteiger partial charge >= 0.3 is 0 Å². The van der Waals surface area contributed by atoms with E-state index < -0.39 is 6.10 Å². The van der Waals surface area contributed by atoms with Crippen LogP contribution in [0.15, 0.2) is 24.5 Å². The van der Waals surface area contributed by atoms with Gasteiger partial charge in [-0.05, 0) is 50.8 Å². The minimum Gasteiger partial charge on any atom is -0.392 e. The third kappa shape index (κ3) is 2.71. The lowest BCUT2D eigenvalue weighted by Crippen LogP contribution is -2.37. The number of nitrogens with zero attached hydrogens (tertiary/aromatic N) is 2. The molecule has 0 bridgehead atoms. The monoisotopic (exact) mass is 318 g/mol. The molecule has 2 aromatic heterocycles. The van der Waals surface area contributed by atoms with E-state index in [2.05, 4.69) is 0 Å². The number of carbonyl (C=O) groups is 1. The molecule has 1 amide bonds. The number of hydrogen-bond donors (Lipinski definition) is 1. The van der Waals surface area contributed by atoms with Crippen molar-refractivity contribution in [3.05, 3.63) is 40.5 Å². The van der Waals surface area contributed by atoms with Gasteiger partial charge in [0.1, 0.15) is 5.00 Å². The number of amides is 1. The quantitative estimate of drug-likeness (QED) is 0.921. The first-order chi connectivity index (χ1) is 10.6. The Balaban J connectivity index is 2.03. The molecule has 2 heterocycles. The Labute approximate surface area is 135 Å². The van der Waals surface area contributed by atoms with Crippen molar-refractivity contribution in [3.63, 3.8) is 0 Å². The summed E-state index contributed by atoms with van der Waals surface area (Å²) in [6.07, 6.45) is 6.66.